The highest BCUT2D eigenvalue weighted by molar-refractivity contribution is 6.04. The van der Waals surface area contributed by atoms with Gasteiger partial charge in [-0.15, -0.1) is 0 Å². The Morgan fingerprint density at radius 2 is 1.83 bits per heavy atom. The van der Waals surface area contributed by atoms with Crippen molar-refractivity contribution in [3.05, 3.63) is 54.1 Å². The van der Waals surface area contributed by atoms with Crippen LogP contribution in [-0.2, 0) is 16.1 Å². The number of ether oxygens (including phenoxy) is 1. The number of hydrogen-bond donors (Lipinski definition) is 1. The molecule has 6 heteroatoms. The maximum atomic E-state index is 12.9. The van der Waals surface area contributed by atoms with Gasteiger partial charge in [-0.25, -0.2) is 0 Å². The van der Waals surface area contributed by atoms with Crippen LogP contribution in [0.2, 0.25) is 0 Å². The summed E-state index contributed by atoms with van der Waals surface area (Å²) in [5.74, 6) is 0.0924. The molecule has 29 heavy (non-hydrogen) atoms. The van der Waals surface area contributed by atoms with Crippen molar-refractivity contribution >= 4 is 23.2 Å². The van der Waals surface area contributed by atoms with Crippen LogP contribution in [0.4, 0.5) is 11.4 Å². The minimum absolute atomic E-state index is 0.0556. The Labute approximate surface area is 171 Å². The van der Waals surface area contributed by atoms with Crippen molar-refractivity contribution in [2.45, 2.75) is 25.8 Å². The number of methoxy groups -OCH3 is 1. The van der Waals surface area contributed by atoms with E-state index in [0.29, 0.717) is 18.0 Å². The summed E-state index contributed by atoms with van der Waals surface area (Å²) in [7, 11) is 1.58. The molecule has 2 saturated heterocycles. The topological polar surface area (TPSA) is 61.9 Å². The van der Waals surface area contributed by atoms with E-state index in [9.17, 15) is 9.59 Å². The van der Waals surface area contributed by atoms with Gasteiger partial charge in [0.1, 0.15) is 5.75 Å². The molecular weight excluding hydrogens is 366 g/mol. The third-order valence-corrected chi connectivity index (χ3v) is 5.74. The molecule has 1 atom stereocenters. The molecule has 2 heterocycles. The second-order valence-electron chi connectivity index (χ2n) is 7.71. The zero-order valence-corrected chi connectivity index (χ0v) is 16.8. The number of nitrogens with zero attached hydrogens (tertiary/aromatic N) is 2. The Kier molecular flexibility index (Phi) is 5.81. The van der Waals surface area contributed by atoms with Crippen LogP contribution >= 0.6 is 0 Å². The molecule has 152 valence electrons. The van der Waals surface area contributed by atoms with Crippen LogP contribution in [0.15, 0.2) is 48.5 Å². The van der Waals surface area contributed by atoms with Crippen molar-refractivity contribution < 1.29 is 14.3 Å². The summed E-state index contributed by atoms with van der Waals surface area (Å²) in [6, 6.07) is 15.4. The van der Waals surface area contributed by atoms with Gasteiger partial charge in [-0.3, -0.25) is 14.5 Å². The number of hydrogen-bond acceptors (Lipinski definition) is 4. The molecule has 2 aromatic carbocycles. The van der Waals surface area contributed by atoms with Gasteiger partial charge in [-0.2, -0.15) is 0 Å². The fourth-order valence-corrected chi connectivity index (χ4v) is 4.17. The monoisotopic (exact) mass is 393 g/mol. The second kappa shape index (κ2) is 8.66. The molecule has 2 aromatic rings. The maximum absolute atomic E-state index is 12.9. The number of benzene rings is 2. The lowest BCUT2D eigenvalue weighted by atomic mass is 10.1. The Morgan fingerprint density at radius 1 is 1.10 bits per heavy atom. The number of carbonyl (C=O) groups excluding carboxylic acids is 2. The van der Waals surface area contributed by atoms with E-state index in [1.165, 1.54) is 12.8 Å². The van der Waals surface area contributed by atoms with E-state index >= 15 is 0 Å². The van der Waals surface area contributed by atoms with Gasteiger partial charge in [0, 0.05) is 25.2 Å². The molecule has 4 rings (SSSR count). The summed E-state index contributed by atoms with van der Waals surface area (Å²) in [4.78, 5) is 29.6. The summed E-state index contributed by atoms with van der Waals surface area (Å²) in [5.41, 5.74) is 2.67. The van der Waals surface area contributed by atoms with Gasteiger partial charge in [0.25, 0.3) is 0 Å². The van der Waals surface area contributed by atoms with E-state index in [1.54, 1.807) is 12.0 Å². The fourth-order valence-electron chi connectivity index (χ4n) is 4.17. The number of likely N-dealkylation sites (tertiary alicyclic amines) is 1. The molecule has 2 aliphatic heterocycles. The van der Waals surface area contributed by atoms with Crippen LogP contribution in [0.5, 0.6) is 5.75 Å². The first-order valence-electron chi connectivity index (χ1n) is 10.2. The van der Waals surface area contributed by atoms with Crippen LogP contribution in [0.1, 0.15) is 24.8 Å². The molecule has 2 aliphatic rings. The lowest BCUT2D eigenvalue weighted by Crippen LogP contribution is -2.29. The molecule has 0 radical (unpaired) electrons. The van der Waals surface area contributed by atoms with Gasteiger partial charge >= 0.3 is 0 Å². The summed E-state index contributed by atoms with van der Waals surface area (Å²) in [5, 5.41) is 3.07. The van der Waals surface area contributed by atoms with Crippen LogP contribution in [0, 0.1) is 5.92 Å². The molecule has 0 spiro atoms. The highest BCUT2D eigenvalue weighted by atomic mass is 16.5. The van der Waals surface area contributed by atoms with Gasteiger partial charge in [0.2, 0.25) is 11.8 Å². The molecule has 1 unspecified atom stereocenters. The molecule has 2 fully saturated rings. The zero-order chi connectivity index (χ0) is 20.2. The largest absolute Gasteiger partial charge is 0.495 e. The minimum atomic E-state index is -0.382. The number of carbonyl (C=O) groups is 2. The molecule has 0 bridgehead atoms. The van der Waals surface area contributed by atoms with E-state index < -0.39 is 0 Å². The molecule has 6 nitrogen and oxygen atoms in total. The van der Waals surface area contributed by atoms with Crippen molar-refractivity contribution in [1.82, 2.24) is 4.90 Å². The highest BCUT2D eigenvalue weighted by Crippen LogP contribution is 2.33. The summed E-state index contributed by atoms with van der Waals surface area (Å²) in [6.07, 6.45) is 2.67. The smallest absolute Gasteiger partial charge is 0.229 e. The third kappa shape index (κ3) is 4.27. The van der Waals surface area contributed by atoms with E-state index in [4.69, 9.17) is 4.74 Å². The Balaban J connectivity index is 1.45. The average molecular weight is 393 g/mol. The molecule has 1 N–H and O–H groups in total. The predicted octanol–water partition coefficient (Wildman–Crippen LogP) is 3.28. The van der Waals surface area contributed by atoms with Crippen LogP contribution in [0.3, 0.4) is 0 Å². The number of para-hydroxylation sites is 3. The van der Waals surface area contributed by atoms with Gasteiger partial charge < -0.3 is 15.0 Å². The molecular formula is C23H27N3O3. The van der Waals surface area contributed by atoms with Gasteiger partial charge in [-0.1, -0.05) is 30.3 Å². The van der Waals surface area contributed by atoms with Crippen molar-refractivity contribution in [2.24, 2.45) is 5.92 Å². The van der Waals surface area contributed by atoms with Gasteiger partial charge in [-0.05, 0) is 49.7 Å². The Hall–Kier alpha value is -2.86. The molecule has 2 amide bonds. The fraction of sp³-hybridized carbons (Fsp3) is 0.391. The molecule has 0 saturated carbocycles. The standard InChI is InChI=1S/C23H27N3O3/c1-29-21-11-5-4-10-20(21)26-16-18(14-22(26)27)23(28)24-19-9-3-2-8-17(19)15-25-12-6-7-13-25/h2-5,8-11,18H,6-7,12-16H2,1H3,(H,24,28). The number of amides is 2. The normalized spacial score (nSPS) is 19.6. The van der Waals surface area contributed by atoms with E-state index in [1.807, 2.05) is 42.5 Å². The summed E-state index contributed by atoms with van der Waals surface area (Å²) in [6.45, 7) is 3.41. The van der Waals surface area contributed by atoms with Gasteiger partial charge in [0.05, 0.1) is 18.7 Å². The minimum Gasteiger partial charge on any atom is -0.495 e. The van der Waals surface area contributed by atoms with Crippen LogP contribution < -0.4 is 15.0 Å². The lowest BCUT2D eigenvalue weighted by Gasteiger charge is -2.20. The molecule has 0 aliphatic carbocycles. The number of rotatable bonds is 6. The third-order valence-electron chi connectivity index (χ3n) is 5.74. The Morgan fingerprint density at radius 3 is 2.62 bits per heavy atom. The van der Waals surface area contributed by atoms with Crippen molar-refractivity contribution in [1.29, 1.82) is 0 Å². The summed E-state index contributed by atoms with van der Waals surface area (Å²) < 4.78 is 5.38. The Bertz CT molecular complexity index is 892. The van der Waals surface area contributed by atoms with Gasteiger partial charge in [0.15, 0.2) is 0 Å². The van der Waals surface area contributed by atoms with Crippen molar-refractivity contribution in [3.63, 3.8) is 0 Å². The first kappa shape index (κ1) is 19.5. The maximum Gasteiger partial charge on any atom is 0.229 e. The summed E-state index contributed by atoms with van der Waals surface area (Å²) >= 11 is 0. The van der Waals surface area contributed by atoms with E-state index in [-0.39, 0.29) is 24.2 Å². The van der Waals surface area contributed by atoms with Crippen molar-refractivity contribution in [2.75, 3.05) is 37.0 Å². The first-order valence-corrected chi connectivity index (χ1v) is 10.2. The second-order valence-corrected chi connectivity index (χ2v) is 7.71. The zero-order valence-electron chi connectivity index (χ0n) is 16.8. The highest BCUT2D eigenvalue weighted by Gasteiger charge is 2.36. The van der Waals surface area contributed by atoms with Crippen LogP contribution in [-0.4, -0.2) is 43.5 Å². The van der Waals surface area contributed by atoms with E-state index in [0.717, 1.165) is 30.9 Å². The van der Waals surface area contributed by atoms with E-state index in [2.05, 4.69) is 16.3 Å². The van der Waals surface area contributed by atoms with Crippen molar-refractivity contribution in [3.8, 4) is 5.75 Å². The average Bonchev–Trinajstić information content (AvgIpc) is 3.39. The lowest BCUT2D eigenvalue weighted by molar-refractivity contribution is -0.122. The first-order chi connectivity index (χ1) is 14.2. The number of anilines is 2. The predicted molar refractivity (Wildman–Crippen MR) is 113 cm³/mol. The van der Waals surface area contributed by atoms with Crippen LogP contribution in [0.25, 0.3) is 0 Å². The quantitative estimate of drug-likeness (QED) is 0.818. The number of nitrogens with one attached hydrogen (secondary N) is 1. The SMILES string of the molecule is COc1ccccc1N1CC(C(=O)Nc2ccccc2CN2CCCC2)CC1=O. The molecule has 0 aromatic heterocycles.